The minimum Gasteiger partial charge on any atom is -0.492 e. The largest absolute Gasteiger partial charge is 0.492 e. The molecule has 0 radical (unpaired) electrons. The van der Waals surface area contributed by atoms with Gasteiger partial charge in [0.25, 0.3) is 0 Å². The molecule has 1 heterocycles. The first kappa shape index (κ1) is 18.8. The third-order valence-corrected chi connectivity index (χ3v) is 3.74. The van der Waals surface area contributed by atoms with E-state index >= 15 is 0 Å². The number of nitrogens with one attached hydrogen (secondary N) is 3. The second kappa shape index (κ2) is 9.08. The zero-order valence-corrected chi connectivity index (χ0v) is 14.8. The normalized spacial score (nSPS) is 16.9. The van der Waals surface area contributed by atoms with Crippen molar-refractivity contribution in [2.45, 2.75) is 26.8 Å². The van der Waals surface area contributed by atoms with Gasteiger partial charge in [0.1, 0.15) is 12.4 Å². The third kappa shape index (κ3) is 5.49. The Hall–Kier alpha value is -2.54. The van der Waals surface area contributed by atoms with Crippen LogP contribution in [-0.2, 0) is 9.53 Å². The van der Waals surface area contributed by atoms with Crippen LogP contribution in [0.3, 0.4) is 0 Å². The molecule has 0 spiro atoms. The van der Waals surface area contributed by atoms with Crippen LogP contribution >= 0.6 is 0 Å². The van der Waals surface area contributed by atoms with Crippen molar-refractivity contribution in [3.63, 3.8) is 0 Å². The Morgan fingerprint density at radius 2 is 2.00 bits per heavy atom. The molecule has 1 aromatic rings. The first-order chi connectivity index (χ1) is 12.0. The van der Waals surface area contributed by atoms with Crippen molar-refractivity contribution >= 4 is 12.0 Å². The van der Waals surface area contributed by atoms with E-state index in [1.807, 2.05) is 31.2 Å². The minimum absolute atomic E-state index is 0.286. The second-order valence-corrected chi connectivity index (χ2v) is 5.77. The molecule has 1 atom stereocenters. The molecule has 2 amide bonds. The van der Waals surface area contributed by atoms with Crippen molar-refractivity contribution in [1.29, 1.82) is 0 Å². The van der Waals surface area contributed by atoms with Gasteiger partial charge in [0.2, 0.25) is 0 Å². The summed E-state index contributed by atoms with van der Waals surface area (Å²) < 4.78 is 10.7. The Labute approximate surface area is 147 Å². The molecular formula is C18H25N3O4. The van der Waals surface area contributed by atoms with Gasteiger partial charge in [-0.15, -0.1) is 0 Å². The highest BCUT2D eigenvalue weighted by Crippen LogP contribution is 2.14. The number of hydrogen-bond acceptors (Lipinski definition) is 5. The Morgan fingerprint density at radius 3 is 2.68 bits per heavy atom. The molecule has 0 aromatic heterocycles. The monoisotopic (exact) mass is 347 g/mol. The van der Waals surface area contributed by atoms with Gasteiger partial charge < -0.3 is 25.4 Å². The summed E-state index contributed by atoms with van der Waals surface area (Å²) >= 11 is 0. The summed E-state index contributed by atoms with van der Waals surface area (Å²) in [6.07, 6.45) is 0. The first-order valence-corrected chi connectivity index (χ1v) is 8.39. The first-order valence-electron chi connectivity index (χ1n) is 8.39. The van der Waals surface area contributed by atoms with Gasteiger partial charge in [-0.05, 0) is 32.9 Å². The van der Waals surface area contributed by atoms with Crippen molar-refractivity contribution in [3.05, 3.63) is 41.1 Å². The Kier molecular flexibility index (Phi) is 6.82. The van der Waals surface area contributed by atoms with Gasteiger partial charge in [-0.25, -0.2) is 9.59 Å². The van der Waals surface area contributed by atoms with Crippen molar-refractivity contribution < 1.29 is 19.1 Å². The van der Waals surface area contributed by atoms with Gasteiger partial charge in [-0.3, -0.25) is 0 Å². The van der Waals surface area contributed by atoms with E-state index in [4.69, 9.17) is 9.47 Å². The van der Waals surface area contributed by atoms with E-state index in [0.29, 0.717) is 31.0 Å². The van der Waals surface area contributed by atoms with Gasteiger partial charge in [0, 0.05) is 18.8 Å². The Bertz CT molecular complexity index is 640. The summed E-state index contributed by atoms with van der Waals surface area (Å²) in [5.74, 6) is 0.387. The molecule has 7 nitrogen and oxygen atoms in total. The topological polar surface area (TPSA) is 88.7 Å². The van der Waals surface area contributed by atoms with E-state index in [1.54, 1.807) is 13.8 Å². The lowest BCUT2D eigenvalue weighted by Crippen LogP contribution is -2.51. The smallest absolute Gasteiger partial charge is 0.337 e. The average Bonchev–Trinajstić information content (AvgIpc) is 2.56. The fraction of sp³-hybridized carbons (Fsp3) is 0.444. The molecule has 3 N–H and O–H groups in total. The number of aryl methyl sites for hydroxylation is 1. The maximum Gasteiger partial charge on any atom is 0.337 e. The fourth-order valence-electron chi connectivity index (χ4n) is 2.51. The van der Waals surface area contributed by atoms with E-state index < -0.39 is 12.0 Å². The molecule has 1 unspecified atom stereocenters. The van der Waals surface area contributed by atoms with E-state index in [-0.39, 0.29) is 12.6 Å². The van der Waals surface area contributed by atoms with Crippen LogP contribution in [0.15, 0.2) is 35.5 Å². The summed E-state index contributed by atoms with van der Waals surface area (Å²) in [5.41, 5.74) is 2.15. The molecule has 136 valence electrons. The lowest BCUT2D eigenvalue weighted by atomic mass is 10.0. The molecule has 0 aliphatic carbocycles. The average molecular weight is 347 g/mol. The van der Waals surface area contributed by atoms with Crippen molar-refractivity contribution in [2.24, 2.45) is 0 Å². The van der Waals surface area contributed by atoms with Gasteiger partial charge >= 0.3 is 12.0 Å². The standard InChI is InChI=1S/C18H25N3O4/c1-4-24-17(22)16-13(3)20-18(23)21-15(16)11-19-9-10-25-14-7-5-12(2)6-8-14/h5-8,13,19H,4,9-11H2,1-3H3,(H2,20,21,23). The van der Waals surface area contributed by atoms with Crippen LogP contribution in [0, 0.1) is 6.92 Å². The number of hydrogen-bond donors (Lipinski definition) is 3. The van der Waals surface area contributed by atoms with E-state index in [1.165, 1.54) is 5.56 Å². The van der Waals surface area contributed by atoms with E-state index in [0.717, 1.165) is 5.75 Å². The van der Waals surface area contributed by atoms with Crippen LogP contribution in [0.5, 0.6) is 5.75 Å². The Morgan fingerprint density at radius 1 is 1.28 bits per heavy atom. The molecule has 0 fully saturated rings. The maximum atomic E-state index is 12.1. The molecule has 1 aromatic carbocycles. The fourth-order valence-corrected chi connectivity index (χ4v) is 2.51. The number of esters is 1. The number of benzene rings is 1. The number of ether oxygens (including phenoxy) is 2. The van der Waals surface area contributed by atoms with E-state index in [2.05, 4.69) is 16.0 Å². The van der Waals surface area contributed by atoms with Crippen LogP contribution in [0.1, 0.15) is 19.4 Å². The molecule has 1 aliphatic heterocycles. The van der Waals surface area contributed by atoms with Crippen molar-refractivity contribution in [3.8, 4) is 5.75 Å². The number of carbonyl (C=O) groups excluding carboxylic acids is 2. The lowest BCUT2D eigenvalue weighted by Gasteiger charge is -2.26. The van der Waals surface area contributed by atoms with Crippen LogP contribution in [0.2, 0.25) is 0 Å². The highest BCUT2D eigenvalue weighted by atomic mass is 16.5. The lowest BCUT2D eigenvalue weighted by molar-refractivity contribution is -0.139. The summed E-state index contributed by atoms with van der Waals surface area (Å²) in [6.45, 7) is 7.22. The summed E-state index contributed by atoms with van der Waals surface area (Å²) in [7, 11) is 0. The van der Waals surface area contributed by atoms with Gasteiger partial charge in [0.05, 0.1) is 18.2 Å². The zero-order valence-electron chi connectivity index (χ0n) is 14.8. The van der Waals surface area contributed by atoms with Gasteiger partial charge in [-0.1, -0.05) is 17.7 Å². The molecule has 0 bridgehead atoms. The zero-order chi connectivity index (χ0) is 18.2. The number of urea groups is 1. The molecule has 25 heavy (non-hydrogen) atoms. The molecule has 0 saturated carbocycles. The SMILES string of the molecule is CCOC(=O)C1=C(CNCCOc2ccc(C)cc2)NC(=O)NC1C. The molecule has 1 aliphatic rings. The number of amides is 2. The molecule has 7 heteroatoms. The minimum atomic E-state index is -0.421. The van der Waals surface area contributed by atoms with E-state index in [9.17, 15) is 9.59 Å². The quantitative estimate of drug-likeness (QED) is 0.490. The predicted molar refractivity (Wildman–Crippen MR) is 94.3 cm³/mol. The van der Waals surface area contributed by atoms with Crippen LogP contribution in [0.4, 0.5) is 4.79 Å². The van der Waals surface area contributed by atoms with Gasteiger partial charge in [-0.2, -0.15) is 0 Å². The van der Waals surface area contributed by atoms with Crippen LogP contribution in [-0.4, -0.2) is 44.3 Å². The molecule has 0 saturated heterocycles. The number of rotatable bonds is 8. The second-order valence-electron chi connectivity index (χ2n) is 5.77. The van der Waals surface area contributed by atoms with Gasteiger partial charge in [0.15, 0.2) is 0 Å². The summed E-state index contributed by atoms with van der Waals surface area (Å²) in [5, 5.41) is 8.51. The molecular weight excluding hydrogens is 322 g/mol. The molecule has 2 rings (SSSR count). The Balaban J connectivity index is 1.87. The van der Waals surface area contributed by atoms with Crippen molar-refractivity contribution in [1.82, 2.24) is 16.0 Å². The number of carbonyl (C=O) groups is 2. The highest BCUT2D eigenvalue weighted by Gasteiger charge is 2.29. The van der Waals surface area contributed by atoms with Crippen LogP contribution < -0.4 is 20.7 Å². The summed E-state index contributed by atoms with van der Waals surface area (Å²) in [6, 6.07) is 7.11. The van der Waals surface area contributed by atoms with Crippen LogP contribution in [0.25, 0.3) is 0 Å². The highest BCUT2D eigenvalue weighted by molar-refractivity contribution is 5.94. The third-order valence-electron chi connectivity index (χ3n) is 3.74. The summed E-state index contributed by atoms with van der Waals surface area (Å²) in [4.78, 5) is 23.8. The van der Waals surface area contributed by atoms with Crippen molar-refractivity contribution in [2.75, 3.05) is 26.3 Å². The maximum absolute atomic E-state index is 12.1. The predicted octanol–water partition coefficient (Wildman–Crippen LogP) is 1.48.